The predicted molar refractivity (Wildman–Crippen MR) is 58.7 cm³/mol. The molecule has 0 heterocycles. The van der Waals surface area contributed by atoms with E-state index in [1.807, 2.05) is 11.8 Å². The number of nitriles is 1. The van der Waals surface area contributed by atoms with E-state index in [9.17, 15) is 5.26 Å². The molecule has 1 fully saturated rings. The molecule has 1 nitrogen and oxygen atoms in total. The van der Waals surface area contributed by atoms with E-state index in [2.05, 4.69) is 26.8 Å². The lowest BCUT2D eigenvalue weighted by Gasteiger charge is -2.25. The second-order valence-corrected chi connectivity index (χ2v) is 5.85. The van der Waals surface area contributed by atoms with Crippen molar-refractivity contribution >= 4 is 11.8 Å². The summed E-state index contributed by atoms with van der Waals surface area (Å²) in [5.41, 5.74) is 0. The van der Waals surface area contributed by atoms with Crippen LogP contribution in [-0.4, -0.2) is 10.5 Å². The quantitative estimate of drug-likeness (QED) is 0.692. The molecule has 0 radical (unpaired) electrons. The summed E-state index contributed by atoms with van der Waals surface area (Å²) in [5, 5.41) is 9.23. The van der Waals surface area contributed by atoms with E-state index in [4.69, 9.17) is 0 Å². The van der Waals surface area contributed by atoms with E-state index in [1.165, 1.54) is 12.8 Å². The molecule has 0 N–H and O–H groups in total. The molecule has 2 heteroatoms. The average molecular weight is 197 g/mol. The van der Waals surface area contributed by atoms with Gasteiger partial charge in [0.1, 0.15) is 4.75 Å². The molecule has 2 unspecified atom stereocenters. The van der Waals surface area contributed by atoms with Crippen LogP contribution < -0.4 is 0 Å². The van der Waals surface area contributed by atoms with Gasteiger partial charge < -0.3 is 0 Å². The van der Waals surface area contributed by atoms with Gasteiger partial charge in [0.25, 0.3) is 0 Å². The molecule has 0 saturated heterocycles. The Balaban J connectivity index is 2.55. The lowest BCUT2D eigenvalue weighted by Crippen LogP contribution is -2.26. The van der Waals surface area contributed by atoms with Crippen molar-refractivity contribution in [2.45, 2.75) is 44.8 Å². The van der Waals surface area contributed by atoms with Crippen molar-refractivity contribution in [3.05, 3.63) is 0 Å². The van der Waals surface area contributed by atoms with Gasteiger partial charge in [-0.05, 0) is 30.4 Å². The summed E-state index contributed by atoms with van der Waals surface area (Å²) in [5.74, 6) is 2.40. The fraction of sp³-hybridized carbons (Fsp3) is 0.909. The van der Waals surface area contributed by atoms with Gasteiger partial charge in [-0.15, -0.1) is 11.8 Å². The van der Waals surface area contributed by atoms with Crippen LogP contribution in [0.1, 0.15) is 40.0 Å². The molecule has 0 bridgehead atoms. The molecule has 13 heavy (non-hydrogen) atoms. The van der Waals surface area contributed by atoms with Crippen molar-refractivity contribution in [3.63, 3.8) is 0 Å². The molecule has 0 aliphatic heterocycles. The fourth-order valence-corrected chi connectivity index (χ4v) is 3.26. The first-order valence-electron chi connectivity index (χ1n) is 5.16. The summed E-state index contributed by atoms with van der Waals surface area (Å²) < 4.78 is -0.0513. The largest absolute Gasteiger partial charge is 0.197 e. The SMILES string of the molecule is CC(C)CSC1(C#N)CCCC1C. The third-order valence-corrected chi connectivity index (χ3v) is 4.89. The van der Waals surface area contributed by atoms with Gasteiger partial charge in [0.05, 0.1) is 6.07 Å². The number of hydrogen-bond acceptors (Lipinski definition) is 2. The van der Waals surface area contributed by atoms with Crippen LogP contribution in [-0.2, 0) is 0 Å². The lowest BCUT2D eigenvalue weighted by atomic mass is 9.99. The van der Waals surface area contributed by atoms with Crippen LogP contribution in [0.25, 0.3) is 0 Å². The van der Waals surface area contributed by atoms with E-state index >= 15 is 0 Å². The highest BCUT2D eigenvalue weighted by Crippen LogP contribution is 2.45. The van der Waals surface area contributed by atoms with Crippen molar-refractivity contribution in [1.82, 2.24) is 0 Å². The smallest absolute Gasteiger partial charge is 0.105 e. The van der Waals surface area contributed by atoms with E-state index in [-0.39, 0.29) is 4.75 Å². The standard InChI is InChI=1S/C11H19NS/c1-9(2)7-13-11(8-12)6-4-5-10(11)3/h9-10H,4-7H2,1-3H3. The predicted octanol–water partition coefficient (Wildman–Crippen LogP) is 3.46. The van der Waals surface area contributed by atoms with Gasteiger partial charge in [0.15, 0.2) is 0 Å². The molecule has 74 valence electrons. The molecular formula is C11H19NS. The summed E-state index contributed by atoms with van der Waals surface area (Å²) in [4.78, 5) is 0. The van der Waals surface area contributed by atoms with Gasteiger partial charge in [-0.2, -0.15) is 5.26 Å². The van der Waals surface area contributed by atoms with Crippen LogP contribution in [0, 0.1) is 23.2 Å². The highest BCUT2D eigenvalue weighted by Gasteiger charge is 2.40. The average Bonchev–Trinajstić information content (AvgIpc) is 2.45. The summed E-state index contributed by atoms with van der Waals surface area (Å²) in [6, 6.07) is 2.55. The van der Waals surface area contributed by atoms with Crippen LogP contribution in [0.2, 0.25) is 0 Å². The molecule has 1 saturated carbocycles. The van der Waals surface area contributed by atoms with Crippen LogP contribution >= 0.6 is 11.8 Å². The van der Waals surface area contributed by atoms with Gasteiger partial charge in [0.2, 0.25) is 0 Å². The Hall–Kier alpha value is -0.160. The third-order valence-electron chi connectivity index (χ3n) is 2.84. The number of nitrogens with zero attached hydrogens (tertiary/aromatic N) is 1. The first kappa shape index (κ1) is 10.9. The number of thioether (sulfide) groups is 1. The summed E-state index contributed by atoms with van der Waals surface area (Å²) in [7, 11) is 0. The Bertz CT molecular complexity index is 207. The molecule has 1 rings (SSSR count). The van der Waals surface area contributed by atoms with Gasteiger partial charge in [0, 0.05) is 0 Å². The number of hydrogen-bond donors (Lipinski definition) is 0. The molecular weight excluding hydrogens is 178 g/mol. The van der Waals surface area contributed by atoms with E-state index in [1.54, 1.807) is 0 Å². The Morgan fingerprint density at radius 2 is 2.31 bits per heavy atom. The summed E-state index contributed by atoms with van der Waals surface area (Å²) in [6.07, 6.45) is 3.57. The van der Waals surface area contributed by atoms with Crippen molar-refractivity contribution in [1.29, 1.82) is 5.26 Å². The van der Waals surface area contributed by atoms with E-state index in [0.29, 0.717) is 11.8 Å². The molecule has 1 aliphatic carbocycles. The molecule has 0 spiro atoms. The highest BCUT2D eigenvalue weighted by atomic mass is 32.2. The van der Waals surface area contributed by atoms with Crippen LogP contribution in [0.3, 0.4) is 0 Å². The van der Waals surface area contributed by atoms with Crippen LogP contribution in [0.4, 0.5) is 0 Å². The van der Waals surface area contributed by atoms with Crippen LogP contribution in [0.15, 0.2) is 0 Å². The normalized spacial score (nSPS) is 33.6. The minimum Gasteiger partial charge on any atom is -0.197 e. The lowest BCUT2D eigenvalue weighted by molar-refractivity contribution is 0.551. The molecule has 0 aromatic carbocycles. The molecule has 0 aromatic heterocycles. The maximum atomic E-state index is 9.23. The first-order valence-corrected chi connectivity index (χ1v) is 6.14. The van der Waals surface area contributed by atoms with Crippen molar-refractivity contribution in [2.24, 2.45) is 11.8 Å². The fourth-order valence-electron chi connectivity index (χ4n) is 1.88. The van der Waals surface area contributed by atoms with Crippen molar-refractivity contribution in [2.75, 3.05) is 5.75 Å². The Labute approximate surface area is 85.9 Å². The minimum absolute atomic E-state index is 0.0513. The zero-order valence-corrected chi connectivity index (χ0v) is 9.66. The summed E-state index contributed by atoms with van der Waals surface area (Å²) in [6.45, 7) is 6.67. The minimum atomic E-state index is -0.0513. The van der Waals surface area contributed by atoms with Crippen molar-refractivity contribution < 1.29 is 0 Å². The number of rotatable bonds is 3. The maximum absolute atomic E-state index is 9.23. The topological polar surface area (TPSA) is 23.8 Å². The van der Waals surface area contributed by atoms with E-state index < -0.39 is 0 Å². The monoisotopic (exact) mass is 197 g/mol. The van der Waals surface area contributed by atoms with Gasteiger partial charge in [-0.3, -0.25) is 0 Å². The Morgan fingerprint density at radius 1 is 1.62 bits per heavy atom. The zero-order chi connectivity index (χ0) is 9.90. The summed E-state index contributed by atoms with van der Waals surface area (Å²) >= 11 is 1.89. The molecule has 2 atom stereocenters. The Morgan fingerprint density at radius 3 is 2.69 bits per heavy atom. The molecule has 0 aromatic rings. The third kappa shape index (κ3) is 2.40. The maximum Gasteiger partial charge on any atom is 0.105 e. The second-order valence-electron chi connectivity index (χ2n) is 4.50. The van der Waals surface area contributed by atoms with Crippen LogP contribution in [0.5, 0.6) is 0 Å². The van der Waals surface area contributed by atoms with E-state index in [0.717, 1.165) is 12.2 Å². The van der Waals surface area contributed by atoms with Gasteiger partial charge >= 0.3 is 0 Å². The van der Waals surface area contributed by atoms with Gasteiger partial charge in [-0.25, -0.2) is 0 Å². The van der Waals surface area contributed by atoms with Crippen molar-refractivity contribution in [3.8, 4) is 6.07 Å². The highest BCUT2D eigenvalue weighted by molar-refractivity contribution is 8.00. The second kappa shape index (κ2) is 4.37. The molecule has 0 amide bonds. The zero-order valence-electron chi connectivity index (χ0n) is 8.84. The first-order chi connectivity index (χ1) is 6.10. The van der Waals surface area contributed by atoms with Gasteiger partial charge in [-0.1, -0.05) is 27.2 Å². The molecule has 1 aliphatic rings. The Kier molecular flexibility index (Phi) is 3.67.